The zero-order valence-corrected chi connectivity index (χ0v) is 11.5. The molecule has 19 heavy (non-hydrogen) atoms. The summed E-state index contributed by atoms with van der Waals surface area (Å²) in [5, 5.41) is 10.7. The second-order valence-corrected chi connectivity index (χ2v) is 5.07. The number of aromatic nitrogens is 2. The molecule has 3 aromatic rings. The molecule has 1 aromatic carbocycles. The molecule has 0 atom stereocenters. The molecular formula is C14H14N2O2S. The van der Waals surface area contributed by atoms with Crippen molar-refractivity contribution in [2.24, 2.45) is 0 Å². The first kappa shape index (κ1) is 12.3. The van der Waals surface area contributed by atoms with Gasteiger partial charge in [-0.25, -0.2) is 0 Å². The summed E-state index contributed by atoms with van der Waals surface area (Å²) in [7, 11) is 3.21. The lowest BCUT2D eigenvalue weighted by molar-refractivity contribution is -0.108. The fourth-order valence-electron chi connectivity index (χ4n) is 2.12. The third kappa shape index (κ3) is 2.16. The third-order valence-corrected chi connectivity index (χ3v) is 4.00. The van der Waals surface area contributed by atoms with Crippen LogP contribution in [-0.4, -0.2) is 24.4 Å². The molecule has 0 bridgehead atoms. The van der Waals surface area contributed by atoms with E-state index in [4.69, 9.17) is 9.47 Å². The van der Waals surface area contributed by atoms with Crippen LogP contribution < -0.4 is 0 Å². The van der Waals surface area contributed by atoms with Crippen molar-refractivity contribution in [3.63, 3.8) is 0 Å². The monoisotopic (exact) mass is 274 g/mol. The summed E-state index contributed by atoms with van der Waals surface area (Å²) < 4.78 is 11.7. The molecule has 0 saturated carbocycles. The molecule has 0 aliphatic carbocycles. The number of fused-ring (bicyclic) bond motifs is 1. The van der Waals surface area contributed by atoms with Crippen molar-refractivity contribution in [2.45, 2.75) is 6.29 Å². The molecule has 0 radical (unpaired) electrons. The van der Waals surface area contributed by atoms with E-state index in [2.05, 4.69) is 27.7 Å². The summed E-state index contributed by atoms with van der Waals surface area (Å²) in [4.78, 5) is 0. The van der Waals surface area contributed by atoms with Gasteiger partial charge in [-0.3, -0.25) is 5.10 Å². The largest absolute Gasteiger partial charge is 0.350 e. The molecule has 5 heteroatoms. The lowest BCUT2D eigenvalue weighted by atomic mass is 10.1. The van der Waals surface area contributed by atoms with E-state index in [0.717, 1.165) is 17.0 Å². The number of H-pyrrole nitrogens is 1. The van der Waals surface area contributed by atoms with Crippen molar-refractivity contribution in [3.8, 4) is 11.3 Å². The molecule has 0 amide bonds. The number of hydrogen-bond acceptors (Lipinski definition) is 4. The van der Waals surface area contributed by atoms with E-state index in [1.54, 1.807) is 25.6 Å². The van der Waals surface area contributed by atoms with Crippen molar-refractivity contribution in [3.05, 3.63) is 41.4 Å². The van der Waals surface area contributed by atoms with Gasteiger partial charge in [-0.15, -0.1) is 11.3 Å². The Morgan fingerprint density at radius 3 is 2.79 bits per heavy atom. The number of benzene rings is 1. The van der Waals surface area contributed by atoms with E-state index in [9.17, 15) is 0 Å². The average Bonchev–Trinajstić information content (AvgIpc) is 3.06. The van der Waals surface area contributed by atoms with E-state index >= 15 is 0 Å². The minimum atomic E-state index is -0.411. The molecule has 0 unspecified atom stereocenters. The van der Waals surface area contributed by atoms with Crippen LogP contribution in [0.15, 0.2) is 35.7 Å². The van der Waals surface area contributed by atoms with Crippen LogP contribution in [0.4, 0.5) is 0 Å². The number of methoxy groups -OCH3 is 2. The first-order chi connectivity index (χ1) is 9.33. The number of nitrogens with zero attached hydrogens (tertiary/aromatic N) is 1. The second kappa shape index (κ2) is 5.13. The van der Waals surface area contributed by atoms with Gasteiger partial charge in [0.2, 0.25) is 0 Å². The smallest absolute Gasteiger partial charge is 0.199 e. The lowest BCUT2D eigenvalue weighted by Gasteiger charge is -2.09. The Balaban J connectivity index is 2.03. The molecular weight excluding hydrogens is 260 g/mol. The molecule has 0 aliphatic heterocycles. The van der Waals surface area contributed by atoms with Crippen molar-refractivity contribution in [1.29, 1.82) is 0 Å². The summed E-state index contributed by atoms with van der Waals surface area (Å²) in [5.41, 5.74) is 2.86. The highest BCUT2D eigenvalue weighted by atomic mass is 32.1. The predicted molar refractivity (Wildman–Crippen MR) is 76.2 cm³/mol. The van der Waals surface area contributed by atoms with E-state index < -0.39 is 6.29 Å². The first-order valence-electron chi connectivity index (χ1n) is 5.91. The topological polar surface area (TPSA) is 47.1 Å². The maximum atomic E-state index is 5.21. The number of aromatic amines is 1. The van der Waals surface area contributed by atoms with Crippen LogP contribution in [0.1, 0.15) is 12.0 Å². The Labute approximate surface area is 115 Å². The second-order valence-electron chi connectivity index (χ2n) is 4.16. The zero-order chi connectivity index (χ0) is 13.2. The van der Waals surface area contributed by atoms with Crippen LogP contribution in [-0.2, 0) is 9.47 Å². The Morgan fingerprint density at radius 2 is 2.00 bits per heavy atom. The van der Waals surface area contributed by atoms with Gasteiger partial charge in [0, 0.05) is 35.2 Å². The number of hydrogen-bond donors (Lipinski definition) is 1. The minimum Gasteiger partial charge on any atom is -0.350 e. The van der Waals surface area contributed by atoms with Crippen molar-refractivity contribution < 1.29 is 9.47 Å². The van der Waals surface area contributed by atoms with Crippen LogP contribution in [0.5, 0.6) is 0 Å². The fourth-order valence-corrected chi connectivity index (χ4v) is 3.08. The van der Waals surface area contributed by atoms with Gasteiger partial charge in [0.25, 0.3) is 0 Å². The van der Waals surface area contributed by atoms with Gasteiger partial charge in [-0.2, -0.15) is 5.10 Å². The Hall–Kier alpha value is -1.69. The van der Waals surface area contributed by atoms with Gasteiger partial charge in [-0.05, 0) is 12.1 Å². The Kier molecular flexibility index (Phi) is 3.33. The maximum absolute atomic E-state index is 5.21. The maximum Gasteiger partial charge on any atom is 0.199 e. The minimum absolute atomic E-state index is 0.411. The highest BCUT2D eigenvalue weighted by molar-refractivity contribution is 7.17. The van der Waals surface area contributed by atoms with Gasteiger partial charge in [-0.1, -0.05) is 18.2 Å². The lowest BCUT2D eigenvalue weighted by Crippen LogP contribution is -2.03. The number of thiophene rings is 1. The standard InChI is InChI=1S/C14H14N2O2S/c1-17-14(18-2)12-7-11(15-16-12)10-8-19-13-6-4-3-5-9(10)13/h3-8,14H,1-2H3,(H,15,16). The predicted octanol–water partition coefficient (Wildman–Crippen LogP) is 3.58. The van der Waals surface area contributed by atoms with Crippen LogP contribution in [0.25, 0.3) is 21.3 Å². The highest BCUT2D eigenvalue weighted by Crippen LogP contribution is 2.33. The van der Waals surface area contributed by atoms with E-state index in [-0.39, 0.29) is 0 Å². The summed E-state index contributed by atoms with van der Waals surface area (Å²) in [5.74, 6) is 0. The number of nitrogens with one attached hydrogen (secondary N) is 1. The summed E-state index contributed by atoms with van der Waals surface area (Å²) in [6, 6.07) is 10.3. The van der Waals surface area contributed by atoms with E-state index in [0.29, 0.717) is 0 Å². The average molecular weight is 274 g/mol. The number of ether oxygens (including phenoxy) is 2. The molecule has 0 saturated heterocycles. The third-order valence-electron chi connectivity index (χ3n) is 3.04. The number of rotatable bonds is 4. The van der Waals surface area contributed by atoms with Gasteiger partial charge in [0.1, 0.15) is 0 Å². The molecule has 1 N–H and O–H groups in total. The summed E-state index contributed by atoms with van der Waals surface area (Å²) in [6.45, 7) is 0. The van der Waals surface area contributed by atoms with Crippen molar-refractivity contribution in [2.75, 3.05) is 14.2 Å². The fraction of sp³-hybridized carbons (Fsp3) is 0.214. The first-order valence-corrected chi connectivity index (χ1v) is 6.79. The molecule has 98 valence electrons. The van der Waals surface area contributed by atoms with Gasteiger partial charge >= 0.3 is 0 Å². The van der Waals surface area contributed by atoms with Crippen LogP contribution >= 0.6 is 11.3 Å². The molecule has 2 heterocycles. The van der Waals surface area contributed by atoms with Crippen molar-refractivity contribution >= 4 is 21.4 Å². The molecule has 0 aliphatic rings. The van der Waals surface area contributed by atoms with Crippen LogP contribution in [0.3, 0.4) is 0 Å². The summed E-state index contributed by atoms with van der Waals surface area (Å²) >= 11 is 1.72. The summed E-state index contributed by atoms with van der Waals surface area (Å²) in [6.07, 6.45) is -0.411. The van der Waals surface area contributed by atoms with Gasteiger partial charge < -0.3 is 9.47 Å². The van der Waals surface area contributed by atoms with Gasteiger partial charge in [0.05, 0.1) is 11.4 Å². The Bertz CT molecular complexity index is 685. The molecule has 0 spiro atoms. The van der Waals surface area contributed by atoms with Crippen LogP contribution in [0, 0.1) is 0 Å². The molecule has 0 fully saturated rings. The highest BCUT2D eigenvalue weighted by Gasteiger charge is 2.15. The van der Waals surface area contributed by atoms with Gasteiger partial charge in [0.15, 0.2) is 6.29 Å². The normalized spacial score (nSPS) is 11.5. The Morgan fingerprint density at radius 1 is 1.21 bits per heavy atom. The molecule has 2 aromatic heterocycles. The van der Waals surface area contributed by atoms with Crippen molar-refractivity contribution in [1.82, 2.24) is 10.2 Å². The SMILES string of the molecule is COC(OC)c1cc(-c2csc3ccccc23)n[nH]1. The zero-order valence-electron chi connectivity index (χ0n) is 10.7. The quantitative estimate of drug-likeness (QED) is 0.740. The van der Waals surface area contributed by atoms with E-state index in [1.165, 1.54) is 10.1 Å². The van der Waals surface area contributed by atoms with E-state index in [1.807, 2.05) is 18.2 Å². The molecule has 3 rings (SSSR count). The van der Waals surface area contributed by atoms with Crippen LogP contribution in [0.2, 0.25) is 0 Å². The molecule has 4 nitrogen and oxygen atoms in total.